The van der Waals surface area contributed by atoms with Crippen molar-refractivity contribution in [2.45, 2.75) is 31.8 Å². The van der Waals surface area contributed by atoms with E-state index in [1.54, 1.807) is 0 Å². The third-order valence-electron chi connectivity index (χ3n) is 5.84. The van der Waals surface area contributed by atoms with E-state index in [4.69, 9.17) is 9.84 Å². The van der Waals surface area contributed by atoms with Crippen LogP contribution in [0.1, 0.15) is 25.7 Å². The molecule has 1 N–H and O–H groups in total. The Morgan fingerprint density at radius 2 is 1.39 bits per heavy atom. The molecule has 6 heteroatoms. The number of pyridine rings is 1. The van der Waals surface area contributed by atoms with Gasteiger partial charge < -0.3 is 19.6 Å². The molecule has 2 aliphatic rings. The Morgan fingerprint density at radius 3 is 1.93 bits per heavy atom. The second-order valence-corrected chi connectivity index (χ2v) is 7.60. The summed E-state index contributed by atoms with van der Waals surface area (Å²) in [6.07, 6.45) is 6.86. The number of hydrogen-bond acceptors (Lipinski definition) is 5. The highest BCUT2D eigenvalue weighted by atomic mass is 16.5. The highest BCUT2D eigenvalue weighted by Crippen LogP contribution is 2.29. The number of nitrogens with zero attached hydrogens (tertiary/aromatic N) is 3. The molecule has 148 valence electrons. The summed E-state index contributed by atoms with van der Waals surface area (Å²) in [5.41, 5.74) is 2.45. The maximum Gasteiger partial charge on any atom is 0.306 e. The molecule has 6 nitrogen and oxygen atoms in total. The van der Waals surface area contributed by atoms with Crippen LogP contribution in [0.3, 0.4) is 0 Å². The lowest BCUT2D eigenvalue weighted by Crippen LogP contribution is -2.46. The number of carbonyl (C=O) groups is 1. The lowest BCUT2D eigenvalue weighted by Gasteiger charge is -2.37. The first-order valence-corrected chi connectivity index (χ1v) is 10.1. The first kappa shape index (κ1) is 18.6. The van der Waals surface area contributed by atoms with E-state index in [1.807, 2.05) is 24.5 Å². The zero-order chi connectivity index (χ0) is 19.3. The Kier molecular flexibility index (Phi) is 5.65. The Balaban J connectivity index is 1.28. The van der Waals surface area contributed by atoms with E-state index in [1.165, 1.54) is 11.4 Å². The van der Waals surface area contributed by atoms with Crippen molar-refractivity contribution in [3.8, 4) is 5.75 Å². The van der Waals surface area contributed by atoms with E-state index >= 15 is 0 Å². The first-order chi connectivity index (χ1) is 13.7. The summed E-state index contributed by atoms with van der Waals surface area (Å²) in [6, 6.07) is 12.4. The fourth-order valence-electron chi connectivity index (χ4n) is 4.13. The number of ether oxygens (including phenoxy) is 1. The Morgan fingerprint density at radius 1 is 0.857 bits per heavy atom. The largest absolute Gasteiger partial charge is 0.490 e. The molecule has 2 fully saturated rings. The number of aromatic nitrogens is 1. The maximum absolute atomic E-state index is 11.1. The van der Waals surface area contributed by atoms with Crippen LogP contribution in [0.4, 0.5) is 11.4 Å². The number of carboxylic acid groups (broad SMARTS) is 1. The van der Waals surface area contributed by atoms with Gasteiger partial charge in [-0.1, -0.05) is 0 Å². The van der Waals surface area contributed by atoms with Gasteiger partial charge in [0.25, 0.3) is 0 Å². The molecular weight excluding hydrogens is 354 g/mol. The monoisotopic (exact) mass is 381 g/mol. The molecule has 0 unspecified atom stereocenters. The van der Waals surface area contributed by atoms with Crippen LogP contribution in [0.15, 0.2) is 48.8 Å². The Bertz CT molecular complexity index is 765. The van der Waals surface area contributed by atoms with Crippen LogP contribution in [0.25, 0.3) is 0 Å². The second kappa shape index (κ2) is 8.50. The number of piperazine rings is 1. The number of hydrogen-bond donors (Lipinski definition) is 1. The van der Waals surface area contributed by atoms with Gasteiger partial charge in [0.15, 0.2) is 0 Å². The van der Waals surface area contributed by atoms with Gasteiger partial charge in [0, 0.05) is 49.9 Å². The molecular formula is C22H27N3O3. The molecule has 0 amide bonds. The Labute approximate surface area is 165 Å². The number of carboxylic acids is 1. The minimum Gasteiger partial charge on any atom is -0.490 e. The van der Waals surface area contributed by atoms with Crippen LogP contribution in [0.5, 0.6) is 5.75 Å². The zero-order valence-electron chi connectivity index (χ0n) is 16.0. The van der Waals surface area contributed by atoms with Crippen LogP contribution in [0.2, 0.25) is 0 Å². The second-order valence-electron chi connectivity index (χ2n) is 7.60. The molecule has 1 aliphatic heterocycles. The van der Waals surface area contributed by atoms with Crippen molar-refractivity contribution in [3.63, 3.8) is 0 Å². The topological polar surface area (TPSA) is 65.9 Å². The number of benzene rings is 1. The molecule has 2 heterocycles. The van der Waals surface area contributed by atoms with Crippen molar-refractivity contribution < 1.29 is 14.6 Å². The lowest BCUT2D eigenvalue weighted by molar-refractivity contribution is -0.143. The van der Waals surface area contributed by atoms with E-state index in [0.717, 1.165) is 44.8 Å². The predicted octanol–water partition coefficient (Wildman–Crippen LogP) is 3.43. The summed E-state index contributed by atoms with van der Waals surface area (Å²) < 4.78 is 6.07. The molecule has 1 aliphatic carbocycles. The lowest BCUT2D eigenvalue weighted by atomic mass is 9.87. The van der Waals surface area contributed by atoms with Gasteiger partial charge in [-0.15, -0.1) is 0 Å². The molecule has 1 aromatic carbocycles. The van der Waals surface area contributed by atoms with E-state index < -0.39 is 5.97 Å². The summed E-state index contributed by atoms with van der Waals surface area (Å²) in [5.74, 6) is -0.00202. The summed E-state index contributed by atoms with van der Waals surface area (Å²) >= 11 is 0. The number of aliphatic carboxylic acids is 1. The smallest absolute Gasteiger partial charge is 0.306 e. The third-order valence-corrected chi connectivity index (χ3v) is 5.84. The molecule has 0 bridgehead atoms. The zero-order valence-corrected chi connectivity index (χ0v) is 16.0. The summed E-state index contributed by atoms with van der Waals surface area (Å²) in [5, 5.41) is 9.10. The highest BCUT2D eigenvalue weighted by molar-refractivity contribution is 5.70. The average molecular weight is 381 g/mol. The predicted molar refractivity (Wildman–Crippen MR) is 109 cm³/mol. The van der Waals surface area contributed by atoms with E-state index in [-0.39, 0.29) is 12.0 Å². The quantitative estimate of drug-likeness (QED) is 0.856. The van der Waals surface area contributed by atoms with Crippen molar-refractivity contribution in [1.29, 1.82) is 0 Å². The minimum atomic E-state index is -0.674. The summed E-state index contributed by atoms with van der Waals surface area (Å²) in [4.78, 5) is 19.9. The molecule has 0 radical (unpaired) electrons. The number of rotatable bonds is 5. The molecule has 0 spiro atoms. The highest BCUT2D eigenvalue weighted by Gasteiger charge is 2.27. The van der Waals surface area contributed by atoms with Gasteiger partial charge in [-0.25, -0.2) is 0 Å². The molecule has 1 saturated carbocycles. The van der Waals surface area contributed by atoms with E-state index in [0.29, 0.717) is 12.8 Å². The van der Waals surface area contributed by atoms with Gasteiger partial charge in [0.1, 0.15) is 5.75 Å². The SMILES string of the molecule is O=C(O)[C@H]1CC[C@H](Oc2ccc(N3CCN(c4ccncc4)CC3)cc2)CC1. The molecule has 1 aromatic heterocycles. The number of anilines is 2. The van der Waals surface area contributed by atoms with Crippen molar-refractivity contribution in [2.75, 3.05) is 36.0 Å². The van der Waals surface area contributed by atoms with Crippen LogP contribution in [0, 0.1) is 5.92 Å². The maximum atomic E-state index is 11.1. The molecule has 0 atom stereocenters. The molecule has 2 aromatic rings. The van der Waals surface area contributed by atoms with Crippen LogP contribution in [-0.2, 0) is 4.79 Å². The normalized spacial score (nSPS) is 22.7. The van der Waals surface area contributed by atoms with Gasteiger partial charge in [-0.2, -0.15) is 0 Å². The van der Waals surface area contributed by atoms with Crippen LogP contribution < -0.4 is 14.5 Å². The standard InChI is InChI=1S/C22H27N3O3/c26-22(27)17-1-5-20(6-2-17)28-21-7-3-18(4-8-21)24-13-15-25(16-14-24)19-9-11-23-12-10-19/h3-4,7-12,17,20H,1-2,5-6,13-16H2,(H,26,27)/t17-,20-. The van der Waals surface area contributed by atoms with E-state index in [2.05, 4.69) is 39.0 Å². The molecule has 28 heavy (non-hydrogen) atoms. The fourth-order valence-corrected chi connectivity index (χ4v) is 4.13. The molecule has 1 saturated heterocycles. The van der Waals surface area contributed by atoms with Gasteiger partial charge in [-0.3, -0.25) is 9.78 Å². The van der Waals surface area contributed by atoms with Gasteiger partial charge in [-0.05, 0) is 62.1 Å². The summed E-state index contributed by atoms with van der Waals surface area (Å²) in [6.45, 7) is 3.97. The fraction of sp³-hybridized carbons (Fsp3) is 0.455. The van der Waals surface area contributed by atoms with Crippen LogP contribution >= 0.6 is 0 Å². The third kappa shape index (κ3) is 4.38. The van der Waals surface area contributed by atoms with Crippen molar-refractivity contribution in [3.05, 3.63) is 48.8 Å². The summed E-state index contributed by atoms with van der Waals surface area (Å²) in [7, 11) is 0. The van der Waals surface area contributed by atoms with Gasteiger partial charge in [0.05, 0.1) is 12.0 Å². The van der Waals surface area contributed by atoms with Crippen molar-refractivity contribution in [1.82, 2.24) is 4.98 Å². The average Bonchev–Trinajstić information content (AvgIpc) is 2.75. The van der Waals surface area contributed by atoms with Gasteiger partial charge >= 0.3 is 5.97 Å². The van der Waals surface area contributed by atoms with E-state index in [9.17, 15) is 4.79 Å². The van der Waals surface area contributed by atoms with Crippen molar-refractivity contribution >= 4 is 17.3 Å². The minimum absolute atomic E-state index is 0.130. The van der Waals surface area contributed by atoms with Gasteiger partial charge in [0.2, 0.25) is 0 Å². The van der Waals surface area contributed by atoms with Crippen molar-refractivity contribution in [2.24, 2.45) is 5.92 Å². The Hall–Kier alpha value is -2.76. The molecule has 4 rings (SSSR count). The van der Waals surface area contributed by atoms with Crippen LogP contribution in [-0.4, -0.2) is 48.3 Å². The first-order valence-electron chi connectivity index (χ1n) is 10.1.